The van der Waals surface area contributed by atoms with Crippen LogP contribution < -0.4 is 5.32 Å². The van der Waals surface area contributed by atoms with E-state index in [-0.39, 0.29) is 13.0 Å². The molecule has 3 rings (SSSR count). The number of hydrogen-bond donors (Lipinski definition) is 2. The molecule has 7 nitrogen and oxygen atoms in total. The zero-order chi connectivity index (χ0) is 19.6. The van der Waals surface area contributed by atoms with Gasteiger partial charge in [-0.1, -0.05) is 24.3 Å². The number of nitriles is 1. The lowest BCUT2D eigenvalue weighted by Crippen LogP contribution is -2.46. The van der Waals surface area contributed by atoms with Gasteiger partial charge in [0.15, 0.2) is 0 Å². The number of benzene rings is 2. The normalized spacial score (nSPS) is 13.9. The SMILES string of the molecule is Cc1cc(C[C@H](CN2C(=O)c3ccccc3C2=O)NC(=O)O)ccc1C#N. The van der Waals surface area contributed by atoms with E-state index in [1.54, 1.807) is 49.4 Å². The molecule has 1 aliphatic heterocycles. The number of nitrogens with one attached hydrogen (secondary N) is 1. The van der Waals surface area contributed by atoms with E-state index in [2.05, 4.69) is 11.4 Å². The van der Waals surface area contributed by atoms with Crippen molar-refractivity contribution in [3.8, 4) is 6.07 Å². The number of rotatable bonds is 5. The van der Waals surface area contributed by atoms with Crippen LogP contribution in [0.2, 0.25) is 0 Å². The van der Waals surface area contributed by atoms with Crippen LogP contribution in [0.5, 0.6) is 0 Å². The number of fused-ring (bicyclic) bond motifs is 1. The summed E-state index contributed by atoms with van der Waals surface area (Å²) in [6.07, 6.45) is -0.950. The fourth-order valence-electron chi connectivity index (χ4n) is 3.22. The lowest BCUT2D eigenvalue weighted by atomic mass is 10.0. The van der Waals surface area contributed by atoms with Gasteiger partial charge in [-0.05, 0) is 42.7 Å². The molecule has 0 radical (unpaired) electrons. The van der Waals surface area contributed by atoms with E-state index in [4.69, 9.17) is 10.4 Å². The van der Waals surface area contributed by atoms with Gasteiger partial charge < -0.3 is 10.4 Å². The third kappa shape index (κ3) is 3.65. The molecule has 0 fully saturated rings. The van der Waals surface area contributed by atoms with Crippen molar-refractivity contribution < 1.29 is 19.5 Å². The second-order valence-corrected chi connectivity index (χ2v) is 6.38. The van der Waals surface area contributed by atoms with Gasteiger partial charge in [-0.2, -0.15) is 5.26 Å². The summed E-state index contributed by atoms with van der Waals surface area (Å²) in [5.74, 6) is -0.854. The first kappa shape index (κ1) is 18.1. The molecule has 0 unspecified atom stereocenters. The van der Waals surface area contributed by atoms with Gasteiger partial charge in [0, 0.05) is 0 Å². The first-order valence-corrected chi connectivity index (χ1v) is 8.35. The first-order valence-electron chi connectivity index (χ1n) is 8.35. The van der Waals surface area contributed by atoms with E-state index >= 15 is 0 Å². The average molecular weight is 363 g/mol. The van der Waals surface area contributed by atoms with Gasteiger partial charge in [-0.15, -0.1) is 0 Å². The van der Waals surface area contributed by atoms with E-state index in [0.29, 0.717) is 16.7 Å². The fourth-order valence-corrected chi connectivity index (χ4v) is 3.22. The molecule has 0 spiro atoms. The van der Waals surface area contributed by atoms with E-state index < -0.39 is 23.9 Å². The van der Waals surface area contributed by atoms with Crippen LogP contribution in [0.3, 0.4) is 0 Å². The summed E-state index contributed by atoms with van der Waals surface area (Å²) >= 11 is 0. The largest absolute Gasteiger partial charge is 0.465 e. The predicted octanol–water partition coefficient (Wildman–Crippen LogP) is 2.34. The lowest BCUT2D eigenvalue weighted by molar-refractivity contribution is 0.0636. The van der Waals surface area contributed by atoms with Crippen molar-refractivity contribution in [3.63, 3.8) is 0 Å². The predicted molar refractivity (Wildman–Crippen MR) is 96.4 cm³/mol. The highest BCUT2D eigenvalue weighted by Gasteiger charge is 2.36. The molecule has 1 atom stereocenters. The molecule has 2 aromatic carbocycles. The van der Waals surface area contributed by atoms with E-state index in [9.17, 15) is 14.4 Å². The van der Waals surface area contributed by atoms with Crippen LogP contribution >= 0.6 is 0 Å². The number of carboxylic acid groups (broad SMARTS) is 1. The monoisotopic (exact) mass is 363 g/mol. The summed E-state index contributed by atoms with van der Waals surface area (Å²) in [5, 5.41) is 20.5. The number of hydrogen-bond acceptors (Lipinski definition) is 4. The van der Waals surface area contributed by atoms with Crippen LogP contribution in [0.1, 0.15) is 37.4 Å². The maximum absolute atomic E-state index is 12.5. The Bertz CT molecular complexity index is 942. The van der Waals surface area contributed by atoms with Crippen LogP contribution in [-0.2, 0) is 6.42 Å². The van der Waals surface area contributed by atoms with Gasteiger partial charge in [0.05, 0.1) is 35.3 Å². The van der Waals surface area contributed by atoms with Crippen molar-refractivity contribution in [2.75, 3.05) is 6.54 Å². The highest BCUT2D eigenvalue weighted by Crippen LogP contribution is 2.23. The van der Waals surface area contributed by atoms with Crippen LogP contribution in [0, 0.1) is 18.3 Å². The molecule has 2 aromatic rings. The van der Waals surface area contributed by atoms with Crippen LogP contribution in [-0.4, -0.2) is 40.5 Å². The summed E-state index contributed by atoms with van der Waals surface area (Å²) in [6.45, 7) is 1.73. The third-order valence-electron chi connectivity index (χ3n) is 4.50. The van der Waals surface area contributed by atoms with Crippen molar-refractivity contribution >= 4 is 17.9 Å². The first-order chi connectivity index (χ1) is 12.9. The molecule has 3 amide bonds. The van der Waals surface area contributed by atoms with Crippen LogP contribution in [0.4, 0.5) is 4.79 Å². The lowest BCUT2D eigenvalue weighted by Gasteiger charge is -2.23. The second-order valence-electron chi connectivity index (χ2n) is 6.38. The van der Waals surface area contributed by atoms with Gasteiger partial charge >= 0.3 is 6.09 Å². The molecular formula is C20H17N3O4. The highest BCUT2D eigenvalue weighted by atomic mass is 16.4. The number of nitrogens with zero attached hydrogens (tertiary/aromatic N) is 2. The zero-order valence-corrected chi connectivity index (χ0v) is 14.6. The minimum absolute atomic E-state index is 0.0717. The topological polar surface area (TPSA) is 110 Å². The molecule has 27 heavy (non-hydrogen) atoms. The quantitative estimate of drug-likeness (QED) is 0.792. The summed E-state index contributed by atoms with van der Waals surface area (Å²) in [7, 11) is 0. The Hall–Kier alpha value is -3.66. The summed E-state index contributed by atoms with van der Waals surface area (Å²) in [5.41, 5.74) is 2.78. The van der Waals surface area contributed by atoms with E-state index in [1.807, 2.05) is 0 Å². The minimum Gasteiger partial charge on any atom is -0.465 e. The molecule has 0 saturated carbocycles. The third-order valence-corrected chi connectivity index (χ3v) is 4.50. The molecule has 0 saturated heterocycles. The summed E-state index contributed by atoms with van der Waals surface area (Å²) in [4.78, 5) is 37.3. The van der Waals surface area contributed by atoms with E-state index in [1.165, 1.54) is 0 Å². The maximum atomic E-state index is 12.5. The number of aryl methyl sites for hydroxylation is 1. The van der Waals surface area contributed by atoms with Gasteiger partial charge in [0.1, 0.15) is 0 Å². The number of carbonyl (C=O) groups excluding carboxylic acids is 2. The molecule has 1 heterocycles. The van der Waals surface area contributed by atoms with Crippen LogP contribution in [0.25, 0.3) is 0 Å². The molecule has 7 heteroatoms. The highest BCUT2D eigenvalue weighted by molar-refractivity contribution is 6.21. The molecular weight excluding hydrogens is 346 g/mol. The zero-order valence-electron chi connectivity index (χ0n) is 14.6. The van der Waals surface area contributed by atoms with Gasteiger partial charge in [0.2, 0.25) is 0 Å². The van der Waals surface area contributed by atoms with Crippen molar-refractivity contribution in [2.45, 2.75) is 19.4 Å². The number of imide groups is 1. The summed E-state index contributed by atoms with van der Waals surface area (Å²) < 4.78 is 0. The molecule has 0 bridgehead atoms. The van der Waals surface area contributed by atoms with Gasteiger partial charge in [-0.25, -0.2) is 4.79 Å². The van der Waals surface area contributed by atoms with E-state index in [0.717, 1.165) is 16.0 Å². The second kappa shape index (κ2) is 7.30. The Morgan fingerprint density at radius 2 is 1.81 bits per heavy atom. The molecule has 136 valence electrons. The Balaban J connectivity index is 1.81. The maximum Gasteiger partial charge on any atom is 0.404 e. The average Bonchev–Trinajstić information content (AvgIpc) is 2.87. The minimum atomic E-state index is -1.23. The molecule has 0 aliphatic carbocycles. The van der Waals surface area contributed by atoms with Crippen LogP contribution in [0.15, 0.2) is 42.5 Å². The van der Waals surface area contributed by atoms with Crippen molar-refractivity contribution in [3.05, 3.63) is 70.3 Å². The Morgan fingerprint density at radius 3 is 2.33 bits per heavy atom. The standard InChI is InChI=1S/C20H17N3O4/c1-12-8-13(6-7-14(12)10-21)9-15(22-20(26)27)11-23-18(24)16-4-2-3-5-17(16)19(23)25/h2-8,15,22H,9,11H2,1H3,(H,26,27)/t15-/m1/s1. The smallest absolute Gasteiger partial charge is 0.404 e. The Kier molecular flexibility index (Phi) is 4.90. The Morgan fingerprint density at radius 1 is 1.19 bits per heavy atom. The molecule has 1 aliphatic rings. The number of amides is 3. The van der Waals surface area contributed by atoms with Gasteiger partial charge in [-0.3, -0.25) is 14.5 Å². The number of carbonyl (C=O) groups is 3. The van der Waals surface area contributed by atoms with Crippen molar-refractivity contribution in [1.82, 2.24) is 10.2 Å². The molecule has 0 aromatic heterocycles. The Labute approximate surface area is 155 Å². The fraction of sp³-hybridized carbons (Fsp3) is 0.200. The van der Waals surface area contributed by atoms with Crippen molar-refractivity contribution in [1.29, 1.82) is 5.26 Å². The molecule has 2 N–H and O–H groups in total. The van der Waals surface area contributed by atoms with Crippen molar-refractivity contribution in [2.24, 2.45) is 0 Å². The summed E-state index contributed by atoms with van der Waals surface area (Å²) in [6, 6.07) is 13.2. The van der Waals surface area contributed by atoms with Gasteiger partial charge in [0.25, 0.3) is 11.8 Å².